The molecule has 0 spiro atoms. The summed E-state index contributed by atoms with van der Waals surface area (Å²) >= 11 is 0. The number of allylic oxidation sites excluding steroid dienone is 1. The average Bonchev–Trinajstić information content (AvgIpc) is 1.16. The van der Waals surface area contributed by atoms with Crippen LogP contribution in [0.3, 0.4) is 0 Å². The average molecular weight is 1330 g/mol. The first-order valence-electron chi connectivity index (χ1n) is 34.2. The van der Waals surface area contributed by atoms with Crippen molar-refractivity contribution in [2.75, 3.05) is 13.2 Å². The molecule has 9 saturated carbocycles. The van der Waals surface area contributed by atoms with Crippen LogP contribution in [-0.4, -0.2) is 122 Å². The van der Waals surface area contributed by atoms with Crippen molar-refractivity contribution in [1.29, 1.82) is 0 Å². The fourth-order valence-corrected chi connectivity index (χ4v) is 19.0. The zero-order chi connectivity index (χ0) is 69.7. The summed E-state index contributed by atoms with van der Waals surface area (Å²) < 4.78 is 76.9. The van der Waals surface area contributed by atoms with Crippen molar-refractivity contribution in [3.8, 4) is 0 Å². The van der Waals surface area contributed by atoms with Crippen LogP contribution in [0.15, 0.2) is 85.1 Å². The molecule has 94 heavy (non-hydrogen) atoms. The first-order valence-corrected chi connectivity index (χ1v) is 35.7. The Balaban J connectivity index is 0.000000161. The zero-order valence-corrected chi connectivity index (χ0v) is 59.1. The molecule has 20 heteroatoms. The number of carbonyl (C=O) groups is 7. The zero-order valence-electron chi connectivity index (χ0n) is 58.3. The van der Waals surface area contributed by atoms with Crippen LogP contribution in [0, 0.1) is 64.6 Å². The molecule has 0 radical (unpaired) electrons. The Morgan fingerprint density at radius 2 is 1.16 bits per heavy atom. The molecule has 8 bridgehead atoms. The largest absolute Gasteiger partial charge is 0.459 e. The third-order valence-electron chi connectivity index (χ3n) is 21.5. The highest BCUT2D eigenvalue weighted by Crippen LogP contribution is 2.66. The van der Waals surface area contributed by atoms with E-state index < -0.39 is 45.7 Å². The van der Waals surface area contributed by atoms with Gasteiger partial charge in [-0.15, -0.1) is 0 Å². The van der Waals surface area contributed by atoms with Gasteiger partial charge >= 0.3 is 41.8 Å². The quantitative estimate of drug-likeness (QED) is 0.0432. The Morgan fingerprint density at radius 1 is 0.649 bits per heavy atom. The van der Waals surface area contributed by atoms with Gasteiger partial charge in [-0.3, -0.25) is 8.98 Å². The molecule has 0 aromatic carbocycles. The standard InChI is InChI=1S/C19H30O2.C12H14O4.C12H20O2.C11H14O5S.C10H16O4.C10H14O2/c1-5-19(6-2,21-17(20)13(3)4)18-10-14-7-15(11-18)9-16(8-14)12-18;1-5(2)11(13)15-9-6-3-7-8(4-6)12(14)16-10(7)9;1-8(2)10-6-5-7-11(10)14-12(13)9(3)4;1-5(2)11(12)15-9-6-3-7-8(4-6)17(13,14)16-10(7)9;1-7(2)9(11)12-5-8-6-13-10(3,4)14-8;1-8(2)9(11)12-10(3)6-4-5-7-10/h14-16H,3,5-12H2,1-2,4H3;6-10H,1,3-4H2,2H3;8,10-11H,3,5-7H2,1-2,4H3;6-10H,1,3-4H2,2H3;8H,1,5-6H2,2-4H3;4,6H,1,5,7H2,2-3H3. The molecule has 12 fully saturated rings. The maximum atomic E-state index is 12.2. The molecule has 0 N–H and O–H groups in total. The Labute approximate surface area is 559 Å². The number of fused-ring (bicyclic) bond motifs is 2. The van der Waals surface area contributed by atoms with Crippen LogP contribution in [-0.2, 0) is 90.5 Å². The van der Waals surface area contributed by atoms with Crippen LogP contribution in [0.2, 0.25) is 0 Å². The minimum absolute atomic E-state index is 0.00733. The number of hydrogen-bond acceptors (Lipinski definition) is 19. The lowest BCUT2D eigenvalue weighted by Crippen LogP contribution is -2.59. The number of carbonyl (C=O) groups excluding carboxylic acids is 7. The number of esters is 7. The van der Waals surface area contributed by atoms with E-state index in [9.17, 15) is 42.0 Å². The summed E-state index contributed by atoms with van der Waals surface area (Å²) in [6.07, 6.45) is 21.0. The lowest BCUT2D eigenvalue weighted by atomic mass is 9.44. The van der Waals surface area contributed by atoms with Crippen LogP contribution < -0.4 is 0 Å². The molecule has 3 heterocycles. The van der Waals surface area contributed by atoms with Gasteiger partial charge in [0.1, 0.15) is 54.4 Å². The number of ether oxygens (including phenoxy) is 9. The molecule has 13 rings (SSSR count). The summed E-state index contributed by atoms with van der Waals surface area (Å²) in [6, 6.07) is 0. The number of rotatable bonds is 17. The smallest absolute Gasteiger partial charge is 0.333 e. The molecule has 19 nitrogen and oxygen atoms in total. The highest BCUT2D eigenvalue weighted by Gasteiger charge is 2.66. The minimum Gasteiger partial charge on any atom is -0.459 e. The third kappa shape index (κ3) is 17.7. The lowest BCUT2D eigenvalue weighted by molar-refractivity contribution is -0.208. The van der Waals surface area contributed by atoms with Crippen molar-refractivity contribution in [2.24, 2.45) is 64.6 Å². The van der Waals surface area contributed by atoms with Gasteiger partial charge in [-0.25, -0.2) is 28.8 Å². The van der Waals surface area contributed by atoms with Crippen molar-refractivity contribution < 1.29 is 88.8 Å². The van der Waals surface area contributed by atoms with E-state index in [1.165, 1.54) is 51.4 Å². The summed E-state index contributed by atoms with van der Waals surface area (Å²) in [5.74, 6) is 1.94. The van der Waals surface area contributed by atoms with Crippen molar-refractivity contribution in [2.45, 2.75) is 258 Å². The van der Waals surface area contributed by atoms with Crippen LogP contribution in [0.5, 0.6) is 0 Å². The van der Waals surface area contributed by atoms with Gasteiger partial charge < -0.3 is 42.6 Å². The van der Waals surface area contributed by atoms with E-state index in [-0.39, 0.29) is 101 Å². The van der Waals surface area contributed by atoms with E-state index in [2.05, 4.69) is 67.2 Å². The Morgan fingerprint density at radius 3 is 1.64 bits per heavy atom. The molecular weight excluding hydrogens is 1220 g/mol. The second kappa shape index (κ2) is 30.8. The summed E-state index contributed by atoms with van der Waals surface area (Å²) in [7, 11) is -3.43. The van der Waals surface area contributed by atoms with E-state index in [0.29, 0.717) is 64.2 Å². The first kappa shape index (κ1) is 75.7. The van der Waals surface area contributed by atoms with E-state index >= 15 is 0 Å². The summed E-state index contributed by atoms with van der Waals surface area (Å²) in [6.45, 7) is 46.4. The molecule has 14 unspecified atom stereocenters. The fourth-order valence-electron chi connectivity index (χ4n) is 17.2. The normalized spacial score (nSPS) is 35.0. The van der Waals surface area contributed by atoms with Crippen LogP contribution >= 0.6 is 0 Å². The molecule has 3 saturated heterocycles. The fraction of sp³-hybridized carbons (Fsp3) is 0.716. The van der Waals surface area contributed by atoms with E-state index in [1.807, 2.05) is 32.9 Å². The topological polar surface area (TPSA) is 246 Å². The van der Waals surface area contributed by atoms with E-state index in [1.54, 1.807) is 41.5 Å². The lowest BCUT2D eigenvalue weighted by Gasteiger charge is -2.63. The molecule has 524 valence electrons. The van der Waals surface area contributed by atoms with Gasteiger partial charge in [-0.2, -0.15) is 8.42 Å². The van der Waals surface area contributed by atoms with Crippen molar-refractivity contribution in [1.82, 2.24) is 0 Å². The van der Waals surface area contributed by atoms with Crippen molar-refractivity contribution >= 4 is 51.9 Å². The monoisotopic (exact) mass is 1330 g/mol. The molecule has 10 aliphatic carbocycles. The van der Waals surface area contributed by atoms with Crippen LogP contribution in [0.4, 0.5) is 0 Å². The second-order valence-corrected chi connectivity index (χ2v) is 31.9. The number of hydrogen-bond donors (Lipinski definition) is 0. The predicted molar refractivity (Wildman–Crippen MR) is 353 cm³/mol. The maximum absolute atomic E-state index is 12.2. The summed E-state index contributed by atoms with van der Waals surface area (Å²) in [5, 5.41) is -0.378. The SMILES string of the molecule is C=C(C)C(=O)OC(CC)(CC)C12CC3CC(CC(C3)C1)C2.C=C(C)C(=O)OC1(C)C=CCC1.C=C(C)C(=O)OC1C2CC3C(=O)OC1C3C2.C=C(C)C(=O)OC1C2CC3C1OS(=O)(=O)C3C2.C=C(C)C(=O)OC1CCCC1C(C)C.C=C(C)C(=O)OCC1COC(C)(C)O1. The van der Waals surface area contributed by atoms with Gasteiger partial charge in [0, 0.05) is 62.5 Å². The highest BCUT2D eigenvalue weighted by molar-refractivity contribution is 7.87. The van der Waals surface area contributed by atoms with Crippen molar-refractivity contribution in [3.63, 3.8) is 0 Å². The van der Waals surface area contributed by atoms with Gasteiger partial charge in [-0.1, -0.05) is 73.2 Å². The van der Waals surface area contributed by atoms with E-state index in [0.717, 1.165) is 69.1 Å². The molecule has 0 aromatic rings. The summed E-state index contributed by atoms with van der Waals surface area (Å²) in [5.41, 5.74) is 2.18. The molecule has 14 atom stereocenters. The molecule has 3 aliphatic heterocycles. The molecule has 0 amide bonds. The van der Waals surface area contributed by atoms with Gasteiger partial charge in [0.05, 0.1) is 17.8 Å². The molecular formula is C74H108O19S. The van der Waals surface area contributed by atoms with Crippen LogP contribution in [0.1, 0.15) is 199 Å². The van der Waals surface area contributed by atoms with Gasteiger partial charge in [0.25, 0.3) is 10.1 Å². The van der Waals surface area contributed by atoms with E-state index in [4.69, 9.17) is 46.8 Å². The van der Waals surface area contributed by atoms with Gasteiger partial charge in [-0.05, 0) is 207 Å². The predicted octanol–water partition coefficient (Wildman–Crippen LogP) is 12.9. The summed E-state index contributed by atoms with van der Waals surface area (Å²) in [4.78, 5) is 80.2. The Kier molecular flexibility index (Phi) is 24.8. The maximum Gasteiger partial charge on any atom is 0.333 e. The van der Waals surface area contributed by atoms with Gasteiger partial charge in [0.2, 0.25) is 0 Å². The molecule has 0 aromatic heterocycles. The Bertz CT molecular complexity index is 3040. The third-order valence-corrected chi connectivity index (χ3v) is 23.3. The molecule has 13 aliphatic rings. The highest BCUT2D eigenvalue weighted by atomic mass is 32.2. The Hall–Kier alpha value is -5.70. The second-order valence-electron chi connectivity index (χ2n) is 30.1. The van der Waals surface area contributed by atoms with Crippen molar-refractivity contribution in [3.05, 3.63) is 85.1 Å². The first-order chi connectivity index (χ1) is 43.9. The minimum atomic E-state index is -3.43. The van der Waals surface area contributed by atoms with Crippen LogP contribution in [0.25, 0.3) is 0 Å². The van der Waals surface area contributed by atoms with Gasteiger partial charge in [0.15, 0.2) is 5.79 Å².